The molecule has 7 nitrogen and oxygen atoms in total. The smallest absolute Gasteiger partial charge is 0.227 e. The van der Waals surface area contributed by atoms with E-state index in [1.807, 2.05) is 39.1 Å². The second-order valence-corrected chi connectivity index (χ2v) is 7.46. The maximum absolute atomic E-state index is 6.37. The minimum Gasteiger partial charge on any atom is -0.494 e. The van der Waals surface area contributed by atoms with E-state index in [1.54, 1.807) is 13.3 Å². The number of anilines is 4. The number of aryl methyl sites for hydroxylation is 1. The van der Waals surface area contributed by atoms with Crippen LogP contribution in [-0.2, 0) is 19.9 Å². The first kappa shape index (κ1) is 23.2. The summed E-state index contributed by atoms with van der Waals surface area (Å²) in [7, 11) is 3.68. The van der Waals surface area contributed by atoms with Crippen LogP contribution in [0.3, 0.4) is 0 Å². The predicted molar refractivity (Wildman–Crippen MR) is 135 cm³/mol. The minimum absolute atomic E-state index is 0. The van der Waals surface area contributed by atoms with Gasteiger partial charge in [0.1, 0.15) is 5.75 Å². The Morgan fingerprint density at radius 3 is 2.41 bits per heavy atom. The second kappa shape index (κ2) is 9.36. The molecule has 0 aliphatic heterocycles. The Hall–Kier alpha value is -3.45. The molecule has 0 aliphatic rings. The maximum Gasteiger partial charge on any atom is 0.227 e. The van der Waals surface area contributed by atoms with Crippen LogP contribution in [0, 0.1) is 0 Å². The molecule has 0 aliphatic carbocycles. The number of nitrogen functional groups attached to an aromatic ring is 2. The van der Waals surface area contributed by atoms with Gasteiger partial charge in [-0.15, -0.1) is 12.4 Å². The van der Waals surface area contributed by atoms with Gasteiger partial charge in [-0.2, -0.15) is 0 Å². The van der Waals surface area contributed by atoms with Crippen molar-refractivity contribution in [2.24, 2.45) is 7.05 Å². The average molecular weight is 453 g/mol. The molecule has 8 heteroatoms. The third kappa shape index (κ3) is 3.80. The number of para-hydroxylation sites is 1. The van der Waals surface area contributed by atoms with Gasteiger partial charge in [0.15, 0.2) is 0 Å². The highest BCUT2D eigenvalue weighted by molar-refractivity contribution is 5.95. The molecule has 168 valence electrons. The Balaban J connectivity index is 0.00000289. The molecule has 32 heavy (non-hydrogen) atoms. The molecule has 0 saturated carbocycles. The van der Waals surface area contributed by atoms with E-state index in [0.29, 0.717) is 35.9 Å². The molecule has 0 unspecified atom stereocenters. The molecule has 4 aromatic rings. The minimum atomic E-state index is 0. The molecule has 0 fully saturated rings. The van der Waals surface area contributed by atoms with Gasteiger partial charge in [0.25, 0.3) is 0 Å². The summed E-state index contributed by atoms with van der Waals surface area (Å²) in [6, 6.07) is 10.2. The topological polar surface area (TPSA) is 104 Å². The van der Waals surface area contributed by atoms with Gasteiger partial charge < -0.3 is 26.1 Å². The number of nitrogens with zero attached hydrogens (tertiary/aromatic N) is 3. The maximum atomic E-state index is 6.37. The Kier molecular flexibility index (Phi) is 6.79. The van der Waals surface area contributed by atoms with Gasteiger partial charge in [-0.1, -0.05) is 32.0 Å². The summed E-state index contributed by atoms with van der Waals surface area (Å²) in [5, 5.41) is 4.51. The molecule has 0 saturated heterocycles. The number of halogens is 1. The van der Waals surface area contributed by atoms with Gasteiger partial charge in [-0.25, -0.2) is 9.97 Å². The zero-order valence-corrected chi connectivity index (χ0v) is 19.6. The van der Waals surface area contributed by atoms with Gasteiger partial charge in [0, 0.05) is 47.0 Å². The fourth-order valence-corrected chi connectivity index (χ4v) is 4.17. The normalized spacial score (nSPS) is 10.8. The molecule has 0 atom stereocenters. The highest BCUT2D eigenvalue weighted by Gasteiger charge is 2.21. The molecule has 5 N–H and O–H groups in total. The van der Waals surface area contributed by atoms with E-state index in [9.17, 15) is 0 Å². The Labute approximate surface area is 194 Å². The molecule has 2 heterocycles. The number of benzene rings is 2. The van der Waals surface area contributed by atoms with Gasteiger partial charge in [-0.3, -0.25) is 0 Å². The summed E-state index contributed by atoms with van der Waals surface area (Å²) >= 11 is 0. The zero-order chi connectivity index (χ0) is 22.1. The summed E-state index contributed by atoms with van der Waals surface area (Å²) in [6.07, 6.45) is 5.24. The molecule has 2 aromatic carbocycles. The summed E-state index contributed by atoms with van der Waals surface area (Å²) in [5.74, 6) is 1.16. The number of aromatic nitrogens is 3. The molecule has 0 amide bonds. The van der Waals surface area contributed by atoms with E-state index in [1.165, 1.54) is 0 Å². The van der Waals surface area contributed by atoms with Crippen LogP contribution >= 0.6 is 12.4 Å². The Morgan fingerprint density at radius 1 is 1.03 bits per heavy atom. The fourth-order valence-electron chi connectivity index (χ4n) is 4.17. The van der Waals surface area contributed by atoms with E-state index in [2.05, 4.69) is 33.2 Å². The standard InChI is InChI=1S/C24H28N6O.ClH/c1-5-14-20(25)21(26)15(6-2)23(31-4)22(14)29-24-27-12-11-18(28-24)17-13-30(3)19-10-8-7-9-16(17)19;/h7-13H,5-6,25-26H2,1-4H3,(H,27,28,29);1H. The first-order valence-corrected chi connectivity index (χ1v) is 10.4. The number of nitrogens with one attached hydrogen (secondary N) is 1. The largest absolute Gasteiger partial charge is 0.494 e. The van der Waals surface area contributed by atoms with Gasteiger partial charge in [-0.05, 0) is 25.0 Å². The first-order chi connectivity index (χ1) is 15.0. The molecule has 0 spiro atoms. The second-order valence-electron chi connectivity index (χ2n) is 7.46. The lowest BCUT2D eigenvalue weighted by Gasteiger charge is -2.21. The summed E-state index contributed by atoms with van der Waals surface area (Å²) in [6.45, 7) is 4.06. The predicted octanol–water partition coefficient (Wildman–Crippen LogP) is 5.10. The Bertz CT molecular complexity index is 1270. The third-order valence-electron chi connectivity index (χ3n) is 5.72. The lowest BCUT2D eigenvalue weighted by Crippen LogP contribution is -2.10. The number of hydrogen-bond donors (Lipinski definition) is 3. The van der Waals surface area contributed by atoms with Crippen molar-refractivity contribution in [1.82, 2.24) is 14.5 Å². The number of fused-ring (bicyclic) bond motifs is 1. The van der Waals surface area contributed by atoms with Crippen molar-refractivity contribution >= 4 is 46.3 Å². The molecular weight excluding hydrogens is 424 g/mol. The SMILES string of the molecule is CCc1c(N)c(N)c(CC)c(OC)c1Nc1nccc(-c2cn(C)c3ccccc23)n1.Cl. The van der Waals surface area contributed by atoms with Crippen LogP contribution in [0.4, 0.5) is 23.0 Å². The average Bonchev–Trinajstić information content (AvgIpc) is 3.13. The van der Waals surface area contributed by atoms with Crippen molar-refractivity contribution in [3.63, 3.8) is 0 Å². The first-order valence-electron chi connectivity index (χ1n) is 10.4. The number of methoxy groups -OCH3 is 1. The van der Waals surface area contributed by atoms with Gasteiger partial charge in [0.2, 0.25) is 5.95 Å². The van der Waals surface area contributed by atoms with Gasteiger partial charge in [0.05, 0.1) is 29.9 Å². The molecule has 0 bridgehead atoms. The molecule has 0 radical (unpaired) electrons. The van der Waals surface area contributed by atoms with Crippen LogP contribution in [0.5, 0.6) is 5.75 Å². The fraction of sp³-hybridized carbons (Fsp3) is 0.250. The van der Waals surface area contributed by atoms with Crippen LogP contribution < -0.4 is 21.5 Å². The summed E-state index contributed by atoms with van der Waals surface area (Å²) in [5.41, 5.74) is 19.4. The van der Waals surface area contributed by atoms with E-state index in [-0.39, 0.29) is 12.4 Å². The number of hydrogen-bond acceptors (Lipinski definition) is 6. The quantitative estimate of drug-likeness (QED) is 0.351. The Morgan fingerprint density at radius 2 is 1.72 bits per heavy atom. The molecule has 4 rings (SSSR count). The number of rotatable bonds is 6. The van der Waals surface area contributed by atoms with Crippen molar-refractivity contribution in [2.45, 2.75) is 26.7 Å². The van der Waals surface area contributed by atoms with Crippen LogP contribution in [-0.4, -0.2) is 21.6 Å². The monoisotopic (exact) mass is 452 g/mol. The zero-order valence-electron chi connectivity index (χ0n) is 18.8. The van der Waals surface area contributed by atoms with E-state index >= 15 is 0 Å². The van der Waals surface area contributed by atoms with Crippen molar-refractivity contribution in [3.05, 3.63) is 53.9 Å². The highest BCUT2D eigenvalue weighted by Crippen LogP contribution is 2.43. The van der Waals surface area contributed by atoms with Crippen LogP contribution in [0.2, 0.25) is 0 Å². The molecule has 2 aromatic heterocycles. The number of ether oxygens (including phenoxy) is 1. The van der Waals surface area contributed by atoms with E-state index < -0.39 is 0 Å². The van der Waals surface area contributed by atoms with Gasteiger partial charge >= 0.3 is 0 Å². The lowest BCUT2D eigenvalue weighted by molar-refractivity contribution is 0.412. The van der Waals surface area contributed by atoms with E-state index in [4.69, 9.17) is 21.2 Å². The van der Waals surface area contributed by atoms with Crippen molar-refractivity contribution in [1.29, 1.82) is 0 Å². The van der Waals surface area contributed by atoms with Crippen molar-refractivity contribution < 1.29 is 4.74 Å². The third-order valence-corrected chi connectivity index (χ3v) is 5.72. The highest BCUT2D eigenvalue weighted by atomic mass is 35.5. The van der Waals surface area contributed by atoms with Crippen molar-refractivity contribution in [2.75, 3.05) is 23.9 Å². The lowest BCUT2D eigenvalue weighted by atomic mass is 9.98. The summed E-state index contributed by atoms with van der Waals surface area (Å²) in [4.78, 5) is 9.25. The van der Waals surface area contributed by atoms with Crippen LogP contribution in [0.1, 0.15) is 25.0 Å². The van der Waals surface area contributed by atoms with Crippen LogP contribution in [0.15, 0.2) is 42.7 Å². The summed E-state index contributed by atoms with van der Waals surface area (Å²) < 4.78 is 7.84. The number of nitrogens with two attached hydrogens (primary N) is 2. The van der Waals surface area contributed by atoms with Crippen LogP contribution in [0.25, 0.3) is 22.2 Å². The molecular formula is C24H29ClN6O. The van der Waals surface area contributed by atoms with Crippen molar-refractivity contribution in [3.8, 4) is 17.0 Å². The van der Waals surface area contributed by atoms with E-state index in [0.717, 1.165) is 39.0 Å².